The number of benzene rings is 1. The van der Waals surface area contributed by atoms with Crippen molar-refractivity contribution in [2.24, 2.45) is 10.9 Å². The van der Waals surface area contributed by atoms with Crippen LogP contribution in [0.15, 0.2) is 21.6 Å². The van der Waals surface area contributed by atoms with Crippen LogP contribution >= 0.6 is 27.7 Å². The first-order valence-electron chi connectivity index (χ1n) is 5.15. The van der Waals surface area contributed by atoms with E-state index in [0.717, 1.165) is 24.4 Å². The van der Waals surface area contributed by atoms with Crippen LogP contribution in [0, 0.1) is 17.6 Å². The summed E-state index contributed by atoms with van der Waals surface area (Å²) in [4.78, 5) is 4.27. The molecule has 2 rings (SSSR count). The van der Waals surface area contributed by atoms with E-state index in [1.165, 1.54) is 11.8 Å². The van der Waals surface area contributed by atoms with Gasteiger partial charge >= 0.3 is 0 Å². The predicted octanol–water partition coefficient (Wildman–Crippen LogP) is 3.88. The first-order chi connectivity index (χ1) is 8.06. The van der Waals surface area contributed by atoms with Crippen LogP contribution in [0.2, 0.25) is 0 Å². The molecule has 6 heteroatoms. The molecule has 0 amide bonds. The summed E-state index contributed by atoms with van der Waals surface area (Å²) in [6.45, 7) is 2.82. The summed E-state index contributed by atoms with van der Waals surface area (Å²) >= 11 is 4.46. The van der Waals surface area contributed by atoms with E-state index < -0.39 is 11.6 Å². The Kier molecular flexibility index (Phi) is 4.04. The quantitative estimate of drug-likeness (QED) is 0.794. The van der Waals surface area contributed by atoms with Gasteiger partial charge in [-0.3, -0.25) is 4.99 Å². The van der Waals surface area contributed by atoms with E-state index in [2.05, 4.69) is 33.2 Å². The van der Waals surface area contributed by atoms with Crippen molar-refractivity contribution in [3.05, 3.63) is 28.2 Å². The number of hydrogen-bond acceptors (Lipinski definition) is 3. The van der Waals surface area contributed by atoms with Gasteiger partial charge in [-0.15, -0.1) is 0 Å². The second kappa shape index (κ2) is 5.35. The normalized spacial score (nSPS) is 20.0. The molecule has 1 aliphatic heterocycles. The lowest BCUT2D eigenvalue weighted by molar-refractivity contribution is 0.598. The summed E-state index contributed by atoms with van der Waals surface area (Å²) in [5, 5.41) is 3.46. The molecular weight excluding hydrogens is 310 g/mol. The van der Waals surface area contributed by atoms with Crippen LogP contribution < -0.4 is 5.32 Å². The van der Waals surface area contributed by atoms with Gasteiger partial charge in [-0.1, -0.05) is 18.7 Å². The maximum absolute atomic E-state index is 13.5. The van der Waals surface area contributed by atoms with Crippen molar-refractivity contribution in [1.82, 2.24) is 0 Å². The lowest BCUT2D eigenvalue weighted by atomic mass is 10.2. The van der Waals surface area contributed by atoms with Gasteiger partial charge in [-0.05, 0) is 27.9 Å². The van der Waals surface area contributed by atoms with Gasteiger partial charge in [0.05, 0.1) is 10.2 Å². The minimum Gasteiger partial charge on any atom is -0.333 e. The van der Waals surface area contributed by atoms with Crippen molar-refractivity contribution in [3.8, 4) is 0 Å². The summed E-state index contributed by atoms with van der Waals surface area (Å²) in [5.41, 5.74) is 0.117. The summed E-state index contributed by atoms with van der Waals surface area (Å²) in [5.74, 6) is 0.466. The highest BCUT2D eigenvalue weighted by Crippen LogP contribution is 2.25. The number of nitrogens with zero attached hydrogens (tertiary/aromatic N) is 1. The maximum Gasteiger partial charge on any atom is 0.161 e. The minimum absolute atomic E-state index is 0.117. The molecule has 0 spiro atoms. The van der Waals surface area contributed by atoms with Crippen molar-refractivity contribution in [2.75, 3.05) is 17.6 Å². The molecule has 1 aliphatic rings. The monoisotopic (exact) mass is 320 g/mol. The zero-order valence-corrected chi connectivity index (χ0v) is 11.5. The van der Waals surface area contributed by atoms with E-state index in [-0.39, 0.29) is 10.2 Å². The van der Waals surface area contributed by atoms with Crippen molar-refractivity contribution in [1.29, 1.82) is 0 Å². The molecule has 0 fully saturated rings. The SMILES string of the molecule is CC1CN=C(Nc2cc(F)c(Br)cc2F)SC1. The number of thioether (sulfide) groups is 1. The Labute approximate surface area is 111 Å². The molecular formula is C11H11BrF2N2S. The molecule has 0 bridgehead atoms. The molecule has 92 valence electrons. The second-order valence-corrected chi connectivity index (χ2v) is 5.80. The van der Waals surface area contributed by atoms with Gasteiger partial charge in [-0.25, -0.2) is 8.78 Å². The molecule has 1 aromatic carbocycles. The van der Waals surface area contributed by atoms with Gasteiger partial charge in [0.1, 0.15) is 11.6 Å². The third kappa shape index (κ3) is 3.19. The molecule has 1 heterocycles. The van der Waals surface area contributed by atoms with Crippen LogP contribution in [-0.2, 0) is 0 Å². The lowest BCUT2D eigenvalue weighted by Gasteiger charge is -2.18. The van der Waals surface area contributed by atoms with Crippen LogP contribution in [0.4, 0.5) is 14.5 Å². The lowest BCUT2D eigenvalue weighted by Crippen LogP contribution is -2.19. The third-order valence-corrected chi connectivity index (χ3v) is 4.15. The summed E-state index contributed by atoms with van der Waals surface area (Å²) < 4.78 is 26.9. The van der Waals surface area contributed by atoms with Crippen LogP contribution in [0.1, 0.15) is 6.92 Å². The fourth-order valence-electron chi connectivity index (χ4n) is 1.37. The van der Waals surface area contributed by atoms with Gasteiger partial charge in [0.2, 0.25) is 0 Å². The zero-order chi connectivity index (χ0) is 12.4. The molecule has 0 aromatic heterocycles. The van der Waals surface area contributed by atoms with Gasteiger partial charge in [0.25, 0.3) is 0 Å². The standard InChI is InChI=1S/C11H11BrF2N2S/c1-6-4-15-11(17-5-6)16-10-3-8(13)7(12)2-9(10)14/h2-3,6H,4-5H2,1H3,(H,15,16). The smallest absolute Gasteiger partial charge is 0.161 e. The predicted molar refractivity (Wildman–Crippen MR) is 71.6 cm³/mol. The van der Waals surface area contributed by atoms with E-state index in [9.17, 15) is 8.78 Å². The molecule has 1 unspecified atom stereocenters. The highest BCUT2D eigenvalue weighted by atomic mass is 79.9. The topological polar surface area (TPSA) is 24.4 Å². The number of hydrogen-bond donors (Lipinski definition) is 1. The van der Waals surface area contributed by atoms with Crippen molar-refractivity contribution < 1.29 is 8.78 Å². The molecule has 0 radical (unpaired) electrons. The van der Waals surface area contributed by atoms with E-state index in [1.807, 2.05) is 0 Å². The molecule has 0 saturated carbocycles. The Hall–Kier alpha value is -0.620. The molecule has 1 aromatic rings. The number of aliphatic imine (C=N–C) groups is 1. The number of rotatable bonds is 1. The molecule has 2 nitrogen and oxygen atoms in total. The van der Waals surface area contributed by atoms with E-state index in [1.54, 1.807) is 0 Å². The number of nitrogens with one attached hydrogen (secondary N) is 1. The van der Waals surface area contributed by atoms with Crippen molar-refractivity contribution >= 4 is 38.5 Å². The Morgan fingerprint density at radius 3 is 2.82 bits per heavy atom. The number of amidine groups is 1. The van der Waals surface area contributed by atoms with Gasteiger partial charge in [-0.2, -0.15) is 0 Å². The fraction of sp³-hybridized carbons (Fsp3) is 0.364. The Morgan fingerprint density at radius 2 is 2.18 bits per heavy atom. The average molecular weight is 321 g/mol. The van der Waals surface area contributed by atoms with Gasteiger partial charge < -0.3 is 5.32 Å². The van der Waals surface area contributed by atoms with Crippen LogP contribution in [0.25, 0.3) is 0 Å². The first kappa shape index (κ1) is 12.8. The molecule has 17 heavy (non-hydrogen) atoms. The van der Waals surface area contributed by atoms with Gasteiger partial charge in [0, 0.05) is 18.4 Å². The van der Waals surface area contributed by atoms with Crippen LogP contribution in [-0.4, -0.2) is 17.5 Å². The Morgan fingerprint density at radius 1 is 1.41 bits per heavy atom. The summed E-state index contributed by atoms with van der Waals surface area (Å²) in [6.07, 6.45) is 0. The van der Waals surface area contributed by atoms with E-state index in [0.29, 0.717) is 11.1 Å². The van der Waals surface area contributed by atoms with Crippen LogP contribution in [0.3, 0.4) is 0 Å². The number of anilines is 1. The third-order valence-electron chi connectivity index (χ3n) is 2.30. The van der Waals surface area contributed by atoms with E-state index in [4.69, 9.17) is 0 Å². The second-order valence-electron chi connectivity index (χ2n) is 3.93. The van der Waals surface area contributed by atoms with Crippen molar-refractivity contribution in [3.63, 3.8) is 0 Å². The van der Waals surface area contributed by atoms with Crippen molar-refractivity contribution in [2.45, 2.75) is 6.92 Å². The van der Waals surface area contributed by atoms with E-state index >= 15 is 0 Å². The Balaban J connectivity index is 2.16. The fourth-order valence-corrected chi connectivity index (χ4v) is 2.58. The summed E-state index contributed by atoms with van der Waals surface area (Å²) in [7, 11) is 0. The Bertz CT molecular complexity index is 465. The molecule has 0 aliphatic carbocycles. The van der Waals surface area contributed by atoms with Crippen LogP contribution in [0.5, 0.6) is 0 Å². The highest BCUT2D eigenvalue weighted by Gasteiger charge is 2.15. The maximum atomic E-state index is 13.5. The summed E-state index contributed by atoms with van der Waals surface area (Å²) in [6, 6.07) is 2.23. The zero-order valence-electron chi connectivity index (χ0n) is 9.14. The average Bonchev–Trinajstić information content (AvgIpc) is 2.29. The largest absolute Gasteiger partial charge is 0.333 e. The number of halogens is 3. The first-order valence-corrected chi connectivity index (χ1v) is 6.93. The molecule has 1 N–H and O–H groups in total. The van der Waals surface area contributed by atoms with Gasteiger partial charge in [0.15, 0.2) is 5.17 Å². The molecule has 1 atom stereocenters. The molecule has 0 saturated heterocycles. The minimum atomic E-state index is -0.500. The highest BCUT2D eigenvalue weighted by molar-refractivity contribution is 9.10.